The molecule has 7 heteroatoms. The number of hydrogen-bond donors (Lipinski definition) is 0. The Morgan fingerprint density at radius 1 is 1.23 bits per heavy atom. The summed E-state index contributed by atoms with van der Waals surface area (Å²) in [6, 6.07) is 10.2. The third-order valence-electron chi connectivity index (χ3n) is 3.86. The molecular weight excluding hydrogens is 302 g/mol. The minimum absolute atomic E-state index is 0.102. The number of nitrogens with zero attached hydrogens (tertiary/aromatic N) is 3. The molecule has 116 valence electrons. The molecule has 1 aliphatic rings. The SMILES string of the molecule is O=C(Cn1cccn1)N1CCC(S(=O)(=O)c2ccccc2)C1. The number of carbonyl (C=O) groups is 1. The number of aromatic nitrogens is 2. The van der Waals surface area contributed by atoms with Crippen LogP contribution in [0.15, 0.2) is 53.7 Å². The average Bonchev–Trinajstić information content (AvgIpc) is 3.19. The Labute approximate surface area is 129 Å². The fraction of sp³-hybridized carbons (Fsp3) is 0.333. The second-order valence-electron chi connectivity index (χ2n) is 5.31. The Hall–Kier alpha value is -2.15. The van der Waals surface area contributed by atoms with Gasteiger partial charge in [0.05, 0.1) is 10.1 Å². The van der Waals surface area contributed by atoms with Crippen LogP contribution in [0.4, 0.5) is 0 Å². The summed E-state index contributed by atoms with van der Waals surface area (Å²) in [4.78, 5) is 14.1. The van der Waals surface area contributed by atoms with Crippen molar-refractivity contribution in [2.45, 2.75) is 23.1 Å². The van der Waals surface area contributed by atoms with Crippen molar-refractivity contribution >= 4 is 15.7 Å². The second kappa shape index (κ2) is 5.92. The summed E-state index contributed by atoms with van der Waals surface area (Å²) < 4.78 is 26.7. The number of rotatable bonds is 4. The summed E-state index contributed by atoms with van der Waals surface area (Å²) in [6.45, 7) is 0.860. The van der Waals surface area contributed by atoms with Crippen molar-refractivity contribution in [3.8, 4) is 0 Å². The molecule has 1 aromatic carbocycles. The summed E-state index contributed by atoms with van der Waals surface area (Å²) in [5, 5.41) is 3.46. The molecule has 1 aliphatic heterocycles. The lowest BCUT2D eigenvalue weighted by Crippen LogP contribution is -2.34. The smallest absolute Gasteiger partial charge is 0.244 e. The van der Waals surface area contributed by atoms with Crippen LogP contribution in [0.3, 0.4) is 0 Å². The van der Waals surface area contributed by atoms with E-state index in [2.05, 4.69) is 5.10 Å². The summed E-state index contributed by atoms with van der Waals surface area (Å²) in [6.07, 6.45) is 3.80. The van der Waals surface area contributed by atoms with Gasteiger partial charge in [0.25, 0.3) is 0 Å². The number of likely N-dealkylation sites (tertiary alicyclic amines) is 1. The number of sulfone groups is 1. The molecule has 0 N–H and O–H groups in total. The van der Waals surface area contributed by atoms with Gasteiger partial charge >= 0.3 is 0 Å². The van der Waals surface area contributed by atoms with Crippen LogP contribution < -0.4 is 0 Å². The minimum Gasteiger partial charge on any atom is -0.340 e. The highest BCUT2D eigenvalue weighted by Gasteiger charge is 2.35. The van der Waals surface area contributed by atoms with Gasteiger partial charge in [0.1, 0.15) is 6.54 Å². The van der Waals surface area contributed by atoms with E-state index in [1.54, 1.807) is 58.4 Å². The Kier molecular flexibility index (Phi) is 3.98. The first-order valence-electron chi connectivity index (χ1n) is 7.11. The first-order chi connectivity index (χ1) is 10.6. The maximum Gasteiger partial charge on any atom is 0.244 e. The quantitative estimate of drug-likeness (QED) is 0.841. The fourth-order valence-electron chi connectivity index (χ4n) is 2.64. The van der Waals surface area contributed by atoms with E-state index in [-0.39, 0.29) is 19.0 Å². The van der Waals surface area contributed by atoms with E-state index >= 15 is 0 Å². The molecule has 1 aromatic heterocycles. The predicted molar refractivity (Wildman–Crippen MR) is 80.8 cm³/mol. The molecule has 2 aromatic rings. The maximum atomic E-state index is 12.6. The van der Waals surface area contributed by atoms with E-state index in [0.29, 0.717) is 17.9 Å². The molecule has 1 atom stereocenters. The van der Waals surface area contributed by atoms with Crippen molar-refractivity contribution in [1.29, 1.82) is 0 Å². The highest BCUT2D eigenvalue weighted by molar-refractivity contribution is 7.92. The lowest BCUT2D eigenvalue weighted by molar-refractivity contribution is -0.130. The van der Waals surface area contributed by atoms with Crippen molar-refractivity contribution < 1.29 is 13.2 Å². The molecule has 0 aliphatic carbocycles. The molecule has 1 unspecified atom stereocenters. The summed E-state index contributed by atoms with van der Waals surface area (Å²) in [5.74, 6) is -0.102. The van der Waals surface area contributed by atoms with Crippen molar-refractivity contribution in [2.75, 3.05) is 13.1 Å². The highest BCUT2D eigenvalue weighted by Crippen LogP contribution is 2.23. The Morgan fingerprint density at radius 3 is 2.68 bits per heavy atom. The largest absolute Gasteiger partial charge is 0.340 e. The van der Waals surface area contributed by atoms with Gasteiger partial charge in [-0.1, -0.05) is 18.2 Å². The van der Waals surface area contributed by atoms with Gasteiger partial charge in [-0.2, -0.15) is 5.10 Å². The molecular formula is C15H17N3O3S. The highest BCUT2D eigenvalue weighted by atomic mass is 32.2. The van der Waals surface area contributed by atoms with E-state index in [4.69, 9.17) is 0 Å². The standard InChI is InChI=1S/C15H17N3O3S/c19-15(12-18-9-4-8-16-18)17-10-7-14(11-17)22(20,21)13-5-2-1-3-6-13/h1-6,8-9,14H,7,10-12H2. The molecule has 22 heavy (non-hydrogen) atoms. The van der Waals surface area contributed by atoms with Crippen LogP contribution in [0.1, 0.15) is 6.42 Å². The van der Waals surface area contributed by atoms with Gasteiger partial charge in [-0.15, -0.1) is 0 Å². The second-order valence-corrected chi connectivity index (χ2v) is 7.54. The monoisotopic (exact) mass is 319 g/mol. The summed E-state index contributed by atoms with van der Waals surface area (Å²) in [7, 11) is -3.38. The first-order valence-corrected chi connectivity index (χ1v) is 8.66. The van der Waals surface area contributed by atoms with Gasteiger partial charge in [-0.05, 0) is 24.6 Å². The van der Waals surface area contributed by atoms with Crippen molar-refractivity contribution in [2.24, 2.45) is 0 Å². The van der Waals surface area contributed by atoms with E-state index in [9.17, 15) is 13.2 Å². The molecule has 0 spiro atoms. The molecule has 0 saturated carbocycles. The zero-order valence-electron chi connectivity index (χ0n) is 12.0. The van der Waals surface area contributed by atoms with Gasteiger partial charge in [0, 0.05) is 25.5 Å². The van der Waals surface area contributed by atoms with Crippen LogP contribution >= 0.6 is 0 Å². The van der Waals surface area contributed by atoms with Gasteiger partial charge in [0.2, 0.25) is 5.91 Å². The maximum absolute atomic E-state index is 12.6. The number of carbonyl (C=O) groups excluding carboxylic acids is 1. The third kappa shape index (κ3) is 2.89. The van der Waals surface area contributed by atoms with Crippen molar-refractivity contribution in [3.63, 3.8) is 0 Å². The van der Waals surface area contributed by atoms with Crippen LogP contribution in [0.25, 0.3) is 0 Å². The van der Waals surface area contributed by atoms with Gasteiger partial charge < -0.3 is 4.90 Å². The average molecular weight is 319 g/mol. The van der Waals surface area contributed by atoms with Crippen LogP contribution in [0.5, 0.6) is 0 Å². The van der Waals surface area contributed by atoms with E-state index in [1.807, 2.05) is 0 Å². The third-order valence-corrected chi connectivity index (χ3v) is 6.06. The van der Waals surface area contributed by atoms with Crippen molar-refractivity contribution in [3.05, 3.63) is 48.8 Å². The molecule has 1 amide bonds. The van der Waals surface area contributed by atoms with Gasteiger partial charge in [-0.25, -0.2) is 8.42 Å². The van der Waals surface area contributed by atoms with E-state index in [0.717, 1.165) is 0 Å². The lowest BCUT2D eigenvalue weighted by Gasteiger charge is -2.16. The Bertz CT molecular complexity index is 742. The molecule has 3 rings (SSSR count). The Morgan fingerprint density at radius 2 is 2.00 bits per heavy atom. The summed E-state index contributed by atoms with van der Waals surface area (Å²) in [5.41, 5.74) is 0. The van der Waals surface area contributed by atoms with Gasteiger partial charge in [0.15, 0.2) is 9.84 Å². The number of hydrogen-bond acceptors (Lipinski definition) is 4. The molecule has 0 bridgehead atoms. The zero-order valence-corrected chi connectivity index (χ0v) is 12.8. The number of amides is 1. The molecule has 0 radical (unpaired) electrons. The predicted octanol–water partition coefficient (Wildman–Crippen LogP) is 0.958. The lowest BCUT2D eigenvalue weighted by atomic mass is 10.4. The van der Waals surface area contributed by atoms with Crippen LogP contribution in [-0.2, 0) is 21.2 Å². The van der Waals surface area contributed by atoms with Crippen LogP contribution in [-0.4, -0.2) is 47.3 Å². The van der Waals surface area contributed by atoms with Gasteiger partial charge in [-0.3, -0.25) is 9.48 Å². The normalized spacial score (nSPS) is 18.5. The molecule has 2 heterocycles. The summed E-state index contributed by atoms with van der Waals surface area (Å²) >= 11 is 0. The van der Waals surface area contributed by atoms with E-state index < -0.39 is 15.1 Å². The Balaban J connectivity index is 1.68. The first kappa shape index (κ1) is 14.8. The molecule has 1 saturated heterocycles. The topological polar surface area (TPSA) is 72.3 Å². The fourth-order valence-corrected chi connectivity index (χ4v) is 4.36. The van der Waals surface area contributed by atoms with Crippen LogP contribution in [0, 0.1) is 0 Å². The van der Waals surface area contributed by atoms with E-state index in [1.165, 1.54) is 0 Å². The molecule has 1 fully saturated rings. The van der Waals surface area contributed by atoms with Crippen LogP contribution in [0.2, 0.25) is 0 Å². The van der Waals surface area contributed by atoms with Crippen molar-refractivity contribution in [1.82, 2.24) is 14.7 Å². The minimum atomic E-state index is -3.38. The zero-order chi connectivity index (χ0) is 15.6. The molecule has 6 nitrogen and oxygen atoms in total. The number of benzene rings is 1.